The monoisotopic (exact) mass is 740 g/mol. The molecule has 2 aliphatic carbocycles. The second-order valence-corrected chi connectivity index (χ2v) is 29.1. The van der Waals surface area contributed by atoms with Gasteiger partial charge >= 0.3 is 276 Å². The molecular formula is C42H48Cl2SiZr. The van der Waals surface area contributed by atoms with E-state index in [4.69, 9.17) is 0 Å². The quantitative estimate of drug-likeness (QED) is 0.279. The average Bonchev–Trinajstić information content (AvgIpc) is 3.56. The van der Waals surface area contributed by atoms with Crippen LogP contribution in [0.5, 0.6) is 0 Å². The van der Waals surface area contributed by atoms with Gasteiger partial charge < -0.3 is 24.8 Å². The first-order chi connectivity index (χ1) is 20.7. The molecule has 0 aromatic heterocycles. The first-order valence-electron chi connectivity index (χ1n) is 16.3. The van der Waals surface area contributed by atoms with Crippen molar-refractivity contribution in [3.8, 4) is 11.1 Å². The molecule has 0 heterocycles. The van der Waals surface area contributed by atoms with Gasteiger partial charge in [0.2, 0.25) is 0 Å². The molecule has 0 saturated carbocycles. The smallest absolute Gasteiger partial charge is 1.00 e. The zero-order chi connectivity index (χ0) is 31.6. The molecule has 4 heteroatoms. The van der Waals surface area contributed by atoms with Crippen molar-refractivity contribution >= 4 is 15.8 Å². The van der Waals surface area contributed by atoms with Crippen LogP contribution in [0.25, 0.3) is 11.1 Å². The number of aryl methyl sites for hydroxylation is 4. The Kier molecular flexibility index (Phi) is 11.1. The van der Waals surface area contributed by atoms with Gasteiger partial charge in [0, 0.05) is 0 Å². The van der Waals surface area contributed by atoms with Crippen molar-refractivity contribution in [3.05, 3.63) is 139 Å². The van der Waals surface area contributed by atoms with E-state index in [9.17, 15) is 0 Å². The molecule has 0 nitrogen and oxygen atoms in total. The van der Waals surface area contributed by atoms with E-state index in [0.29, 0.717) is 3.63 Å². The van der Waals surface area contributed by atoms with Crippen LogP contribution in [0.2, 0.25) is 0 Å². The minimum absolute atomic E-state index is 0. The van der Waals surface area contributed by atoms with Crippen molar-refractivity contribution in [2.45, 2.75) is 90.1 Å². The number of hydrogen-bond acceptors (Lipinski definition) is 0. The van der Waals surface area contributed by atoms with E-state index in [2.05, 4.69) is 160 Å². The molecule has 46 heavy (non-hydrogen) atoms. The standard InChI is InChI=1S/C23H29.C14H14Si.C5H5.2ClH.Zr/c1-14-9-16-11-17-10-15(2)21(23(6,7)8)13-19(17)18(16)12-20(14)22(3,4)5;1-11-5-3-7-13(9-11)15-14-8-4-6-12(2)10-14;1-2-4-5-3-1;;;/h9-13H,1-8H3;3-10H,1-2H3;1-3H,4H2;2*1H;/q;;;;;+2/p-2. The number of hydrogen-bond donors (Lipinski definition) is 0. The number of rotatable bonds is 4. The molecule has 238 valence electrons. The third kappa shape index (κ3) is 6.94. The first-order valence-corrected chi connectivity index (χ1v) is 24.1. The molecule has 0 spiro atoms. The van der Waals surface area contributed by atoms with Crippen molar-refractivity contribution in [1.82, 2.24) is 0 Å². The third-order valence-corrected chi connectivity index (χ3v) is 29.3. The Labute approximate surface area is 298 Å². The van der Waals surface area contributed by atoms with Crippen LogP contribution in [0.4, 0.5) is 0 Å². The van der Waals surface area contributed by atoms with Crippen molar-refractivity contribution in [2.24, 2.45) is 0 Å². The number of allylic oxidation sites excluding steroid dienone is 4. The topological polar surface area (TPSA) is 0 Å². The van der Waals surface area contributed by atoms with E-state index < -0.39 is 25.8 Å². The molecule has 0 N–H and O–H groups in total. The predicted octanol–water partition coefficient (Wildman–Crippen LogP) is 3.86. The summed E-state index contributed by atoms with van der Waals surface area (Å²) in [4.78, 5) is 0. The maximum absolute atomic E-state index is 2.63. The molecule has 4 aromatic rings. The zero-order valence-corrected chi connectivity index (χ0v) is 34.2. The summed E-state index contributed by atoms with van der Waals surface area (Å²) >= 11 is -2.54. The Bertz CT molecular complexity index is 1780. The zero-order valence-electron chi connectivity index (χ0n) is 29.2. The Hall–Kier alpha value is -1.96. The molecule has 0 atom stereocenters. The van der Waals surface area contributed by atoms with Gasteiger partial charge in [-0.15, -0.1) is 0 Å². The van der Waals surface area contributed by atoms with Crippen molar-refractivity contribution in [3.63, 3.8) is 0 Å². The summed E-state index contributed by atoms with van der Waals surface area (Å²) in [5.74, 6) is 0. The summed E-state index contributed by atoms with van der Waals surface area (Å²) in [5.41, 5.74) is 14.0. The van der Waals surface area contributed by atoms with Crippen molar-refractivity contribution in [2.75, 3.05) is 0 Å². The van der Waals surface area contributed by atoms with Crippen LogP contribution in [-0.4, -0.2) is 5.43 Å². The normalized spacial score (nSPS) is 13.6. The number of halogens is 2. The second-order valence-electron chi connectivity index (χ2n) is 15.3. The van der Waals surface area contributed by atoms with Crippen LogP contribution in [0, 0.1) is 27.7 Å². The van der Waals surface area contributed by atoms with Crippen LogP contribution < -0.4 is 35.2 Å². The predicted molar refractivity (Wildman–Crippen MR) is 190 cm³/mol. The summed E-state index contributed by atoms with van der Waals surface area (Å²) < 4.78 is 2.28. The van der Waals surface area contributed by atoms with Gasteiger partial charge in [-0.2, -0.15) is 0 Å². The van der Waals surface area contributed by atoms with E-state index >= 15 is 0 Å². The summed E-state index contributed by atoms with van der Waals surface area (Å²) in [6.07, 6.45) is 8.43. The van der Waals surface area contributed by atoms with Gasteiger partial charge in [0.05, 0.1) is 0 Å². The van der Waals surface area contributed by atoms with Gasteiger partial charge in [0.15, 0.2) is 0 Å². The molecule has 0 fully saturated rings. The van der Waals surface area contributed by atoms with E-state index in [-0.39, 0.29) is 35.6 Å². The maximum atomic E-state index is 2.63. The van der Waals surface area contributed by atoms with Crippen LogP contribution >= 0.6 is 0 Å². The Morgan fingerprint density at radius 1 is 0.630 bits per heavy atom. The number of fused-ring (bicyclic) bond motifs is 3. The summed E-state index contributed by atoms with van der Waals surface area (Å²) in [5, 5.41) is 3.20. The molecule has 4 aromatic carbocycles. The SMILES string of the molecule is Cc1cccc([Si](c2cccc(C)c2)=[Zr+2]([C]2=CC=CC2)[CH]2c3cc(C)c(C(C)(C)C)cc3-c3cc(C(C)(C)C)c(C)cc32)c1.[Cl-].[Cl-]. The fourth-order valence-electron chi connectivity index (χ4n) is 7.72. The second kappa shape index (κ2) is 13.9. The summed E-state index contributed by atoms with van der Waals surface area (Å²) in [6, 6.07) is 29.6. The molecule has 0 radical (unpaired) electrons. The Balaban J connectivity index is 0.00000240. The van der Waals surface area contributed by atoms with Crippen molar-refractivity contribution in [1.29, 1.82) is 0 Å². The third-order valence-electron chi connectivity index (χ3n) is 9.61. The molecule has 6 rings (SSSR count). The van der Waals surface area contributed by atoms with Crippen LogP contribution in [0.15, 0.2) is 94.3 Å². The van der Waals surface area contributed by atoms with Gasteiger partial charge in [-0.3, -0.25) is 0 Å². The van der Waals surface area contributed by atoms with E-state index in [1.807, 2.05) is 0 Å². The molecule has 2 aliphatic rings. The Morgan fingerprint density at radius 3 is 1.46 bits per heavy atom. The van der Waals surface area contributed by atoms with E-state index in [1.165, 1.54) is 44.5 Å². The van der Waals surface area contributed by atoms with Crippen molar-refractivity contribution < 1.29 is 45.2 Å². The fraction of sp³-hybridized carbons (Fsp3) is 0.333. The van der Waals surface area contributed by atoms with E-state index in [1.54, 1.807) is 24.8 Å². The minimum Gasteiger partial charge on any atom is -1.00 e. The molecule has 0 amide bonds. The van der Waals surface area contributed by atoms with E-state index in [0.717, 1.165) is 6.42 Å². The summed E-state index contributed by atoms with van der Waals surface area (Å²) in [7, 11) is 0. The number of benzene rings is 4. The van der Waals surface area contributed by atoms with Gasteiger partial charge in [0.1, 0.15) is 0 Å². The van der Waals surface area contributed by atoms with Crippen LogP contribution in [0.3, 0.4) is 0 Å². The molecule has 0 aliphatic heterocycles. The Morgan fingerprint density at radius 2 is 1.09 bits per heavy atom. The van der Waals surface area contributed by atoms with Crippen LogP contribution in [0.1, 0.15) is 96.1 Å². The van der Waals surface area contributed by atoms with Gasteiger partial charge in [-0.25, -0.2) is 0 Å². The fourth-order valence-corrected chi connectivity index (χ4v) is 30.0. The molecular weight excluding hydrogens is 695 g/mol. The largest absolute Gasteiger partial charge is 1.00 e. The van der Waals surface area contributed by atoms with Crippen LogP contribution in [-0.2, 0) is 31.2 Å². The first kappa shape index (κ1) is 36.9. The molecule has 0 unspecified atom stereocenters. The average molecular weight is 743 g/mol. The molecule has 0 saturated heterocycles. The van der Waals surface area contributed by atoms with Gasteiger partial charge in [-0.05, 0) is 0 Å². The van der Waals surface area contributed by atoms with Gasteiger partial charge in [0.25, 0.3) is 0 Å². The minimum atomic E-state index is -2.54. The molecule has 0 bridgehead atoms. The van der Waals surface area contributed by atoms with Gasteiger partial charge in [-0.1, -0.05) is 0 Å². The maximum Gasteiger partial charge on any atom is -1.00 e. The summed E-state index contributed by atoms with van der Waals surface area (Å²) in [6.45, 7) is 23.5.